The van der Waals surface area contributed by atoms with Crippen molar-refractivity contribution in [2.45, 2.75) is 12.8 Å². The lowest BCUT2D eigenvalue weighted by Crippen LogP contribution is -2.26. The predicted octanol–water partition coefficient (Wildman–Crippen LogP) is 5.08. The number of nitrogens with zero attached hydrogens (tertiary/aromatic N) is 4. The van der Waals surface area contributed by atoms with Crippen LogP contribution in [-0.4, -0.2) is 46.0 Å². The van der Waals surface area contributed by atoms with Crippen molar-refractivity contribution >= 4 is 28.4 Å². The van der Waals surface area contributed by atoms with Crippen molar-refractivity contribution in [3.05, 3.63) is 72.8 Å². The van der Waals surface area contributed by atoms with Crippen molar-refractivity contribution in [2.75, 3.05) is 36.8 Å². The average Bonchev–Trinajstić information content (AvgIpc) is 3.33. The van der Waals surface area contributed by atoms with Gasteiger partial charge >= 0.3 is 0 Å². The van der Waals surface area contributed by atoms with E-state index in [0.29, 0.717) is 11.6 Å². The zero-order valence-electron chi connectivity index (χ0n) is 17.8. The van der Waals surface area contributed by atoms with E-state index in [2.05, 4.69) is 31.6 Å². The maximum atomic E-state index is 13.5. The summed E-state index contributed by atoms with van der Waals surface area (Å²) in [6, 6.07) is 16.3. The second-order valence-corrected chi connectivity index (χ2v) is 7.98. The number of anilines is 3. The number of aromatic nitrogens is 3. The van der Waals surface area contributed by atoms with Crippen molar-refractivity contribution in [1.29, 1.82) is 0 Å². The van der Waals surface area contributed by atoms with Gasteiger partial charge < -0.3 is 15.5 Å². The molecule has 0 bridgehead atoms. The summed E-state index contributed by atoms with van der Waals surface area (Å²) < 4.78 is 13.5. The SMILES string of the molecule is Fc1cccc(Nc2ncc3cccc(-c4ccc(NCCN5CCCC5)nc4)c3n2)c1. The van der Waals surface area contributed by atoms with Gasteiger partial charge in [0.2, 0.25) is 5.95 Å². The van der Waals surface area contributed by atoms with Gasteiger partial charge in [0, 0.05) is 47.7 Å². The molecule has 6 nitrogen and oxygen atoms in total. The van der Waals surface area contributed by atoms with Crippen molar-refractivity contribution in [2.24, 2.45) is 0 Å². The van der Waals surface area contributed by atoms with Crippen LogP contribution in [0, 0.1) is 5.82 Å². The first-order chi connectivity index (χ1) is 15.7. The Hall–Kier alpha value is -3.58. The summed E-state index contributed by atoms with van der Waals surface area (Å²) in [4.78, 5) is 16.1. The lowest BCUT2D eigenvalue weighted by molar-refractivity contribution is 0.352. The number of rotatable bonds is 7. The maximum Gasteiger partial charge on any atom is 0.227 e. The summed E-state index contributed by atoms with van der Waals surface area (Å²) in [6.07, 6.45) is 6.26. The smallest absolute Gasteiger partial charge is 0.227 e. The molecular weight excluding hydrogens is 403 g/mol. The summed E-state index contributed by atoms with van der Waals surface area (Å²) in [7, 11) is 0. The molecule has 5 rings (SSSR count). The largest absolute Gasteiger partial charge is 0.369 e. The van der Waals surface area contributed by atoms with Crippen molar-refractivity contribution in [3.63, 3.8) is 0 Å². The Morgan fingerprint density at radius 3 is 2.62 bits per heavy atom. The van der Waals surface area contributed by atoms with Crippen LogP contribution >= 0.6 is 0 Å². The van der Waals surface area contributed by atoms with E-state index < -0.39 is 0 Å². The van der Waals surface area contributed by atoms with Crippen LogP contribution in [0.4, 0.5) is 21.8 Å². The number of likely N-dealkylation sites (tertiary alicyclic amines) is 1. The summed E-state index contributed by atoms with van der Waals surface area (Å²) >= 11 is 0. The third-order valence-electron chi connectivity index (χ3n) is 5.70. The third kappa shape index (κ3) is 4.68. The number of para-hydroxylation sites is 1. The van der Waals surface area contributed by atoms with Crippen LogP contribution in [0.25, 0.3) is 22.0 Å². The number of hydrogen-bond acceptors (Lipinski definition) is 6. The molecule has 3 heterocycles. The molecule has 2 aromatic heterocycles. The molecule has 4 aromatic rings. The van der Waals surface area contributed by atoms with E-state index in [9.17, 15) is 4.39 Å². The Kier molecular flexibility index (Phi) is 5.89. The molecule has 1 aliphatic rings. The zero-order valence-corrected chi connectivity index (χ0v) is 17.8. The molecule has 2 N–H and O–H groups in total. The summed E-state index contributed by atoms with van der Waals surface area (Å²) in [5.41, 5.74) is 3.38. The Morgan fingerprint density at radius 2 is 1.81 bits per heavy atom. The Labute approximate surface area is 186 Å². The quantitative estimate of drug-likeness (QED) is 0.428. The van der Waals surface area contributed by atoms with Crippen LogP contribution in [0.2, 0.25) is 0 Å². The first-order valence-electron chi connectivity index (χ1n) is 11.0. The molecule has 0 amide bonds. The van der Waals surface area contributed by atoms with Crippen LogP contribution in [-0.2, 0) is 0 Å². The van der Waals surface area contributed by atoms with Gasteiger partial charge in [-0.3, -0.25) is 0 Å². The molecule has 0 unspecified atom stereocenters. The van der Waals surface area contributed by atoms with Gasteiger partial charge in [0.1, 0.15) is 11.6 Å². The third-order valence-corrected chi connectivity index (χ3v) is 5.70. The lowest BCUT2D eigenvalue weighted by Gasteiger charge is -2.15. The molecule has 2 aromatic carbocycles. The monoisotopic (exact) mass is 428 g/mol. The normalized spacial score (nSPS) is 14.0. The Morgan fingerprint density at radius 1 is 0.938 bits per heavy atom. The number of pyridine rings is 1. The van der Waals surface area contributed by atoms with Crippen LogP contribution in [0.3, 0.4) is 0 Å². The fourth-order valence-corrected chi connectivity index (χ4v) is 4.05. The number of fused-ring (bicyclic) bond motifs is 1. The highest BCUT2D eigenvalue weighted by Gasteiger charge is 2.11. The second-order valence-electron chi connectivity index (χ2n) is 7.98. The first-order valence-corrected chi connectivity index (χ1v) is 11.0. The number of nitrogens with one attached hydrogen (secondary N) is 2. The van der Waals surface area contributed by atoms with Crippen molar-refractivity contribution in [3.8, 4) is 11.1 Å². The molecule has 1 saturated heterocycles. The highest BCUT2D eigenvalue weighted by Crippen LogP contribution is 2.28. The first kappa shape index (κ1) is 20.3. The summed E-state index contributed by atoms with van der Waals surface area (Å²) in [6.45, 7) is 4.34. The highest BCUT2D eigenvalue weighted by atomic mass is 19.1. The minimum absolute atomic E-state index is 0.309. The van der Waals surface area contributed by atoms with E-state index in [4.69, 9.17) is 4.98 Å². The van der Waals surface area contributed by atoms with Crippen molar-refractivity contribution < 1.29 is 4.39 Å². The molecule has 0 spiro atoms. The predicted molar refractivity (Wildman–Crippen MR) is 127 cm³/mol. The molecule has 0 saturated carbocycles. The van der Waals surface area contributed by atoms with Crippen LogP contribution in [0.15, 0.2) is 67.0 Å². The van der Waals surface area contributed by atoms with Gasteiger partial charge in [0.25, 0.3) is 0 Å². The fraction of sp³-hybridized carbons (Fsp3) is 0.240. The Bertz CT molecular complexity index is 1200. The minimum Gasteiger partial charge on any atom is -0.369 e. The van der Waals surface area contributed by atoms with Gasteiger partial charge in [-0.1, -0.05) is 24.3 Å². The molecule has 7 heteroatoms. The Balaban J connectivity index is 1.34. The van der Waals surface area contributed by atoms with Gasteiger partial charge in [0.15, 0.2) is 0 Å². The van der Waals surface area contributed by atoms with Gasteiger partial charge in [-0.2, -0.15) is 0 Å². The van der Waals surface area contributed by atoms with E-state index in [1.54, 1.807) is 18.3 Å². The summed E-state index contributed by atoms with van der Waals surface area (Å²) in [5.74, 6) is 0.983. The molecule has 32 heavy (non-hydrogen) atoms. The van der Waals surface area contributed by atoms with Gasteiger partial charge in [-0.05, 0) is 56.3 Å². The lowest BCUT2D eigenvalue weighted by atomic mass is 10.0. The van der Waals surface area contributed by atoms with Crippen LogP contribution < -0.4 is 10.6 Å². The molecule has 0 radical (unpaired) electrons. The van der Waals surface area contributed by atoms with E-state index in [-0.39, 0.29) is 5.82 Å². The number of halogens is 1. The average molecular weight is 429 g/mol. The number of hydrogen-bond donors (Lipinski definition) is 2. The van der Waals surface area contributed by atoms with Crippen molar-refractivity contribution in [1.82, 2.24) is 19.9 Å². The van der Waals surface area contributed by atoms with Crippen LogP contribution in [0.5, 0.6) is 0 Å². The maximum absolute atomic E-state index is 13.5. The fourth-order valence-electron chi connectivity index (χ4n) is 4.05. The topological polar surface area (TPSA) is 66.0 Å². The van der Waals surface area contributed by atoms with E-state index in [0.717, 1.165) is 40.9 Å². The molecule has 1 aliphatic heterocycles. The minimum atomic E-state index is -0.309. The standard InChI is InChI=1S/C25H25FN6/c26-20-6-4-7-21(15-20)30-25-29-17-19-5-3-8-22(24(19)31-25)18-9-10-23(28-16-18)27-11-14-32-12-1-2-13-32/h3-10,15-17H,1-2,11-14H2,(H,27,28)(H,29,30,31). The van der Waals surface area contributed by atoms with Gasteiger partial charge in [0.05, 0.1) is 5.52 Å². The molecule has 162 valence electrons. The second kappa shape index (κ2) is 9.28. The van der Waals surface area contributed by atoms with Gasteiger partial charge in [-0.15, -0.1) is 0 Å². The molecule has 0 aliphatic carbocycles. The zero-order chi connectivity index (χ0) is 21.8. The van der Waals surface area contributed by atoms with E-state index in [1.807, 2.05) is 30.5 Å². The molecule has 0 atom stereocenters. The number of benzene rings is 2. The summed E-state index contributed by atoms with van der Waals surface area (Å²) in [5, 5.41) is 7.42. The molecule has 1 fully saturated rings. The highest BCUT2D eigenvalue weighted by molar-refractivity contribution is 5.93. The van der Waals surface area contributed by atoms with Crippen LogP contribution in [0.1, 0.15) is 12.8 Å². The molecular formula is C25H25FN6. The van der Waals surface area contributed by atoms with Gasteiger partial charge in [-0.25, -0.2) is 19.3 Å². The van der Waals surface area contributed by atoms with E-state index in [1.165, 1.54) is 38.1 Å². The van der Waals surface area contributed by atoms with E-state index >= 15 is 0 Å².